The van der Waals surface area contributed by atoms with E-state index in [1.54, 1.807) is 0 Å². The summed E-state index contributed by atoms with van der Waals surface area (Å²) in [5.74, 6) is 0.873. The second-order valence-electron chi connectivity index (χ2n) is 4.68. The number of rotatable bonds is 8. The van der Waals surface area contributed by atoms with E-state index in [0.717, 1.165) is 12.2 Å². The van der Waals surface area contributed by atoms with Crippen molar-refractivity contribution in [2.24, 2.45) is 0 Å². The summed E-state index contributed by atoms with van der Waals surface area (Å²) in [7, 11) is 0. The Hall–Kier alpha value is -1.84. The first-order valence-corrected chi connectivity index (χ1v) is 6.94. The van der Waals surface area contributed by atoms with E-state index in [0.29, 0.717) is 13.2 Å². The molecule has 2 rings (SSSR count). The highest BCUT2D eigenvalue weighted by molar-refractivity contribution is 5.20. The van der Waals surface area contributed by atoms with Crippen molar-refractivity contribution in [1.29, 1.82) is 0 Å². The van der Waals surface area contributed by atoms with Crippen LogP contribution in [0.2, 0.25) is 0 Å². The van der Waals surface area contributed by atoms with Gasteiger partial charge in [-0.05, 0) is 24.1 Å². The van der Waals surface area contributed by atoms with E-state index in [4.69, 9.17) is 4.74 Å². The van der Waals surface area contributed by atoms with Crippen LogP contribution in [0.3, 0.4) is 0 Å². The fraction of sp³-hybridized carbons (Fsp3) is 0.294. The van der Waals surface area contributed by atoms with E-state index in [9.17, 15) is 5.11 Å². The molecule has 2 N–H and O–H groups in total. The van der Waals surface area contributed by atoms with Gasteiger partial charge < -0.3 is 15.2 Å². The zero-order chi connectivity index (χ0) is 14.0. The number of hydrogen-bond acceptors (Lipinski definition) is 3. The summed E-state index contributed by atoms with van der Waals surface area (Å²) in [6.07, 6.45) is 0.822. The minimum absolute atomic E-state index is 0.0665. The summed E-state index contributed by atoms with van der Waals surface area (Å²) in [6, 6.07) is 20.0. The van der Waals surface area contributed by atoms with Crippen LogP contribution in [0.15, 0.2) is 60.7 Å². The summed E-state index contributed by atoms with van der Waals surface area (Å²) in [5, 5.41) is 12.7. The van der Waals surface area contributed by atoms with Crippen molar-refractivity contribution in [1.82, 2.24) is 5.32 Å². The lowest BCUT2D eigenvalue weighted by atomic mass is 10.1. The molecule has 0 spiro atoms. The molecule has 2 aromatic carbocycles. The lowest BCUT2D eigenvalue weighted by molar-refractivity contribution is 0.230. The number of benzene rings is 2. The van der Waals surface area contributed by atoms with Crippen LogP contribution in [0.4, 0.5) is 0 Å². The maximum Gasteiger partial charge on any atom is 0.119 e. The van der Waals surface area contributed by atoms with Crippen molar-refractivity contribution in [3.8, 4) is 5.75 Å². The predicted molar refractivity (Wildman–Crippen MR) is 81.0 cm³/mol. The zero-order valence-electron chi connectivity index (χ0n) is 11.5. The molecule has 0 aliphatic rings. The standard InChI is InChI=1S/C17H21NO2/c19-14-16(13-15-7-3-1-4-8-15)18-11-12-20-17-9-5-2-6-10-17/h1-10,16,18-19H,11-14H2. The van der Waals surface area contributed by atoms with Crippen LogP contribution in [-0.4, -0.2) is 30.9 Å². The van der Waals surface area contributed by atoms with Crippen LogP contribution in [0, 0.1) is 0 Å². The smallest absolute Gasteiger partial charge is 0.119 e. The molecule has 1 atom stereocenters. The molecule has 106 valence electrons. The van der Waals surface area contributed by atoms with E-state index in [2.05, 4.69) is 17.4 Å². The minimum atomic E-state index is 0.0665. The molecule has 3 heteroatoms. The third kappa shape index (κ3) is 5.03. The maximum atomic E-state index is 9.40. The Bertz CT molecular complexity index is 473. The second kappa shape index (κ2) is 8.35. The SMILES string of the molecule is OCC(Cc1ccccc1)NCCOc1ccccc1. The molecular weight excluding hydrogens is 250 g/mol. The number of ether oxygens (including phenoxy) is 1. The third-order valence-corrected chi connectivity index (χ3v) is 3.09. The average molecular weight is 271 g/mol. The Labute approximate surface area is 120 Å². The molecule has 0 aliphatic heterocycles. The molecule has 2 aromatic rings. The predicted octanol–water partition coefficient (Wildman–Crippen LogP) is 2.26. The van der Waals surface area contributed by atoms with Crippen LogP contribution in [-0.2, 0) is 6.42 Å². The summed E-state index contributed by atoms with van der Waals surface area (Å²) in [4.78, 5) is 0. The van der Waals surface area contributed by atoms with Crippen LogP contribution < -0.4 is 10.1 Å². The van der Waals surface area contributed by atoms with Gasteiger partial charge in [-0.15, -0.1) is 0 Å². The topological polar surface area (TPSA) is 41.5 Å². The molecule has 0 fully saturated rings. The van der Waals surface area contributed by atoms with E-state index in [-0.39, 0.29) is 12.6 Å². The summed E-state index contributed by atoms with van der Waals surface area (Å²) in [5.41, 5.74) is 1.23. The Morgan fingerprint density at radius 1 is 0.950 bits per heavy atom. The van der Waals surface area contributed by atoms with Gasteiger partial charge in [0.25, 0.3) is 0 Å². The Morgan fingerprint density at radius 3 is 2.25 bits per heavy atom. The van der Waals surface area contributed by atoms with Gasteiger partial charge in [0.2, 0.25) is 0 Å². The van der Waals surface area contributed by atoms with E-state index >= 15 is 0 Å². The fourth-order valence-electron chi connectivity index (χ4n) is 2.05. The van der Waals surface area contributed by atoms with E-state index < -0.39 is 0 Å². The van der Waals surface area contributed by atoms with Crippen molar-refractivity contribution in [3.63, 3.8) is 0 Å². The summed E-state index contributed by atoms with van der Waals surface area (Å²) < 4.78 is 5.61. The first-order chi connectivity index (χ1) is 9.88. The Kier molecular flexibility index (Phi) is 6.08. The summed E-state index contributed by atoms with van der Waals surface area (Å²) in [6.45, 7) is 1.43. The van der Waals surface area contributed by atoms with Crippen molar-refractivity contribution in [2.75, 3.05) is 19.8 Å². The third-order valence-electron chi connectivity index (χ3n) is 3.09. The molecule has 0 amide bonds. The number of nitrogens with one attached hydrogen (secondary N) is 1. The highest BCUT2D eigenvalue weighted by atomic mass is 16.5. The zero-order valence-corrected chi connectivity index (χ0v) is 11.5. The molecule has 0 saturated heterocycles. The Balaban J connectivity index is 1.69. The highest BCUT2D eigenvalue weighted by Crippen LogP contribution is 2.07. The number of para-hydroxylation sites is 1. The lowest BCUT2D eigenvalue weighted by Crippen LogP contribution is -2.37. The largest absolute Gasteiger partial charge is 0.492 e. The van der Waals surface area contributed by atoms with Crippen LogP contribution in [0.5, 0.6) is 5.75 Å². The molecule has 1 unspecified atom stereocenters. The van der Waals surface area contributed by atoms with Crippen molar-refractivity contribution >= 4 is 0 Å². The molecule has 0 bridgehead atoms. The van der Waals surface area contributed by atoms with Gasteiger partial charge in [-0.2, -0.15) is 0 Å². The molecule has 0 aromatic heterocycles. The fourth-order valence-corrected chi connectivity index (χ4v) is 2.05. The van der Waals surface area contributed by atoms with Gasteiger partial charge in [0.15, 0.2) is 0 Å². The van der Waals surface area contributed by atoms with E-state index in [1.165, 1.54) is 5.56 Å². The van der Waals surface area contributed by atoms with Gasteiger partial charge in [0.05, 0.1) is 6.61 Å². The quantitative estimate of drug-likeness (QED) is 0.724. The first kappa shape index (κ1) is 14.6. The van der Waals surface area contributed by atoms with Crippen molar-refractivity contribution in [2.45, 2.75) is 12.5 Å². The van der Waals surface area contributed by atoms with Crippen LogP contribution in [0.1, 0.15) is 5.56 Å². The van der Waals surface area contributed by atoms with Crippen LogP contribution in [0.25, 0.3) is 0 Å². The van der Waals surface area contributed by atoms with Crippen molar-refractivity contribution in [3.05, 3.63) is 66.2 Å². The summed E-state index contributed by atoms with van der Waals surface area (Å²) >= 11 is 0. The lowest BCUT2D eigenvalue weighted by Gasteiger charge is -2.16. The number of aliphatic hydroxyl groups excluding tert-OH is 1. The van der Waals surface area contributed by atoms with Gasteiger partial charge >= 0.3 is 0 Å². The molecule has 3 nitrogen and oxygen atoms in total. The van der Waals surface area contributed by atoms with Crippen molar-refractivity contribution < 1.29 is 9.84 Å². The van der Waals surface area contributed by atoms with Gasteiger partial charge in [-0.25, -0.2) is 0 Å². The second-order valence-corrected chi connectivity index (χ2v) is 4.68. The number of aliphatic hydroxyl groups is 1. The van der Waals surface area contributed by atoms with Crippen LogP contribution >= 0.6 is 0 Å². The molecule has 0 radical (unpaired) electrons. The Morgan fingerprint density at radius 2 is 1.60 bits per heavy atom. The van der Waals surface area contributed by atoms with Gasteiger partial charge in [0, 0.05) is 12.6 Å². The number of hydrogen-bond donors (Lipinski definition) is 2. The molecule has 20 heavy (non-hydrogen) atoms. The van der Waals surface area contributed by atoms with Gasteiger partial charge in [-0.3, -0.25) is 0 Å². The first-order valence-electron chi connectivity index (χ1n) is 6.94. The highest BCUT2D eigenvalue weighted by Gasteiger charge is 2.07. The van der Waals surface area contributed by atoms with Gasteiger partial charge in [0.1, 0.15) is 12.4 Å². The molecule has 0 heterocycles. The monoisotopic (exact) mass is 271 g/mol. The average Bonchev–Trinajstić information content (AvgIpc) is 2.52. The maximum absolute atomic E-state index is 9.40. The normalized spacial score (nSPS) is 12.1. The molecule has 0 aliphatic carbocycles. The minimum Gasteiger partial charge on any atom is -0.492 e. The molecule has 0 saturated carbocycles. The van der Waals surface area contributed by atoms with Gasteiger partial charge in [-0.1, -0.05) is 48.5 Å². The van der Waals surface area contributed by atoms with E-state index in [1.807, 2.05) is 48.5 Å². The molecular formula is C17H21NO2.